The molecule has 1 heterocycles. The molecule has 36 heavy (non-hydrogen) atoms. The molecule has 3 N–H and O–H groups in total. The first kappa shape index (κ1) is 26.7. The molecule has 9 nitrogen and oxygen atoms in total. The van der Waals surface area contributed by atoms with Gasteiger partial charge in [-0.2, -0.15) is 13.2 Å². The van der Waals surface area contributed by atoms with Crippen molar-refractivity contribution < 1.29 is 51.7 Å². The molecule has 3 rings (SSSR count). The van der Waals surface area contributed by atoms with E-state index in [0.717, 1.165) is 13.2 Å². The van der Waals surface area contributed by atoms with Gasteiger partial charge >= 0.3 is 24.1 Å². The number of ether oxygens (including phenoxy) is 1. The molecule has 0 radical (unpaired) electrons. The Hall–Kier alpha value is -3.87. The van der Waals surface area contributed by atoms with E-state index >= 15 is 4.39 Å². The minimum absolute atomic E-state index is 0.0433. The highest BCUT2D eigenvalue weighted by Crippen LogP contribution is 2.51. The molecule has 2 unspecified atom stereocenters. The Balaban J connectivity index is 2.17. The van der Waals surface area contributed by atoms with Gasteiger partial charge < -0.3 is 20.3 Å². The molecule has 0 saturated carbocycles. The topological polar surface area (TPSA) is 133 Å². The van der Waals surface area contributed by atoms with Crippen molar-refractivity contribution in [3.8, 4) is 5.75 Å². The summed E-state index contributed by atoms with van der Waals surface area (Å²) in [7, 11) is 1.15. The smallest absolute Gasteiger partial charge is 0.416 e. The van der Waals surface area contributed by atoms with E-state index in [-0.39, 0.29) is 15.7 Å². The van der Waals surface area contributed by atoms with E-state index in [2.05, 4.69) is 0 Å². The number of imide groups is 1. The summed E-state index contributed by atoms with van der Waals surface area (Å²) < 4.78 is 61.9. The van der Waals surface area contributed by atoms with Gasteiger partial charge in [0.1, 0.15) is 11.8 Å². The van der Waals surface area contributed by atoms with E-state index in [0.29, 0.717) is 18.2 Å². The molecule has 3 amide bonds. The van der Waals surface area contributed by atoms with E-state index < -0.39 is 77.0 Å². The zero-order chi connectivity index (χ0) is 27.0. The second kappa shape index (κ2) is 9.64. The summed E-state index contributed by atoms with van der Waals surface area (Å²) in [6.07, 6.45) is -6.23. The van der Waals surface area contributed by atoms with Crippen molar-refractivity contribution in [1.82, 2.24) is 5.32 Å². The van der Waals surface area contributed by atoms with Gasteiger partial charge in [-0.05, 0) is 36.8 Å². The van der Waals surface area contributed by atoms with Crippen molar-refractivity contribution in [2.24, 2.45) is 0 Å². The molecule has 0 bridgehead atoms. The maximum absolute atomic E-state index is 16.7. The lowest BCUT2D eigenvalue weighted by Crippen LogP contribution is -2.51. The fourth-order valence-corrected chi connectivity index (χ4v) is 3.89. The molecule has 14 heteroatoms. The van der Waals surface area contributed by atoms with Crippen LogP contribution in [-0.2, 0) is 26.2 Å². The number of carbonyl (C=O) groups is 4. The van der Waals surface area contributed by atoms with Crippen molar-refractivity contribution in [2.75, 3.05) is 12.0 Å². The number of amides is 3. The number of carbonyl (C=O) groups excluding carboxylic acids is 2. The number of nitrogens with zero attached hydrogens (tertiary/aromatic N) is 1. The van der Waals surface area contributed by atoms with Crippen molar-refractivity contribution in [1.29, 1.82) is 0 Å². The van der Waals surface area contributed by atoms with Crippen LogP contribution in [0, 0.1) is 0 Å². The van der Waals surface area contributed by atoms with Gasteiger partial charge in [-0.15, -0.1) is 0 Å². The van der Waals surface area contributed by atoms with Gasteiger partial charge in [0.05, 0.1) is 18.4 Å². The number of aliphatic carboxylic acids is 2. The molecule has 2 atom stereocenters. The molecule has 0 saturated heterocycles. The summed E-state index contributed by atoms with van der Waals surface area (Å²) in [6.45, 7) is 0. The van der Waals surface area contributed by atoms with Crippen LogP contribution in [0.5, 0.6) is 5.75 Å². The Bertz CT molecular complexity index is 1250. The lowest BCUT2D eigenvalue weighted by molar-refractivity contribution is -0.141. The minimum Gasteiger partial charge on any atom is -0.496 e. The normalized spacial score (nSPS) is 17.9. The number of methoxy groups -OCH3 is 1. The maximum atomic E-state index is 16.7. The SMILES string of the molecule is COc1ccc(Cl)cc1C1(F)C(=O)N(C(=O)NC(CCC(=O)O)C(=O)O)c2cc(C(F)(F)F)ccc21. The molecular formula is C22H17ClF4N2O7. The number of urea groups is 1. The zero-order valence-electron chi connectivity index (χ0n) is 18.2. The summed E-state index contributed by atoms with van der Waals surface area (Å²) in [5.74, 6) is -4.92. The lowest BCUT2D eigenvalue weighted by atomic mass is 9.88. The summed E-state index contributed by atoms with van der Waals surface area (Å²) in [6, 6.07) is 1.70. The van der Waals surface area contributed by atoms with Crippen LogP contribution in [0.4, 0.5) is 28.0 Å². The summed E-state index contributed by atoms with van der Waals surface area (Å²) in [5.41, 5.74) is -6.49. The fourth-order valence-electron chi connectivity index (χ4n) is 3.71. The molecule has 1 aliphatic rings. The van der Waals surface area contributed by atoms with E-state index in [1.165, 1.54) is 12.1 Å². The van der Waals surface area contributed by atoms with Crippen LogP contribution < -0.4 is 15.0 Å². The number of fused-ring (bicyclic) bond motifs is 1. The number of carboxylic acid groups (broad SMARTS) is 2. The number of nitrogens with one attached hydrogen (secondary N) is 1. The Kier molecular flexibility index (Phi) is 7.16. The van der Waals surface area contributed by atoms with Gasteiger partial charge in [0.15, 0.2) is 0 Å². The number of carboxylic acids is 2. The summed E-state index contributed by atoms with van der Waals surface area (Å²) >= 11 is 5.95. The van der Waals surface area contributed by atoms with Gasteiger partial charge in [-0.3, -0.25) is 9.59 Å². The van der Waals surface area contributed by atoms with Crippen molar-refractivity contribution in [2.45, 2.75) is 30.7 Å². The van der Waals surface area contributed by atoms with Gasteiger partial charge in [-0.25, -0.2) is 18.9 Å². The van der Waals surface area contributed by atoms with Crippen LogP contribution in [0.15, 0.2) is 36.4 Å². The van der Waals surface area contributed by atoms with Crippen molar-refractivity contribution in [3.63, 3.8) is 0 Å². The number of benzene rings is 2. The van der Waals surface area contributed by atoms with Gasteiger partial charge in [0.25, 0.3) is 5.91 Å². The molecule has 192 valence electrons. The fraction of sp³-hybridized carbons (Fsp3) is 0.273. The second-order valence-electron chi connectivity index (χ2n) is 7.65. The highest BCUT2D eigenvalue weighted by molar-refractivity contribution is 6.31. The average Bonchev–Trinajstić information content (AvgIpc) is 3.02. The largest absolute Gasteiger partial charge is 0.496 e. The number of rotatable bonds is 7. The molecule has 2 aromatic carbocycles. The van der Waals surface area contributed by atoms with Gasteiger partial charge in [-0.1, -0.05) is 17.7 Å². The predicted molar refractivity (Wildman–Crippen MR) is 116 cm³/mol. The Morgan fingerprint density at radius 1 is 1.14 bits per heavy atom. The van der Waals surface area contributed by atoms with E-state index in [1.807, 2.05) is 5.32 Å². The van der Waals surface area contributed by atoms with Crippen LogP contribution in [0.2, 0.25) is 5.02 Å². The van der Waals surface area contributed by atoms with Crippen LogP contribution in [0.25, 0.3) is 0 Å². The molecule has 0 aliphatic carbocycles. The maximum Gasteiger partial charge on any atom is 0.416 e. The Morgan fingerprint density at radius 3 is 2.36 bits per heavy atom. The summed E-state index contributed by atoms with van der Waals surface area (Å²) in [5, 5.41) is 19.9. The number of halogens is 5. The van der Waals surface area contributed by atoms with Crippen LogP contribution in [0.1, 0.15) is 29.5 Å². The second-order valence-corrected chi connectivity index (χ2v) is 8.08. The number of hydrogen-bond donors (Lipinski definition) is 3. The predicted octanol–water partition coefficient (Wildman–Crippen LogP) is 3.95. The van der Waals surface area contributed by atoms with Crippen LogP contribution in [-0.4, -0.2) is 47.2 Å². The first-order valence-electron chi connectivity index (χ1n) is 10.1. The first-order valence-corrected chi connectivity index (χ1v) is 10.4. The highest BCUT2D eigenvalue weighted by atomic mass is 35.5. The summed E-state index contributed by atoms with van der Waals surface area (Å²) in [4.78, 5) is 48.6. The molecule has 0 fully saturated rings. The highest BCUT2D eigenvalue weighted by Gasteiger charge is 2.57. The monoisotopic (exact) mass is 532 g/mol. The first-order chi connectivity index (χ1) is 16.7. The van der Waals surface area contributed by atoms with E-state index in [1.54, 1.807) is 0 Å². The number of anilines is 1. The third-order valence-corrected chi connectivity index (χ3v) is 5.65. The number of alkyl halides is 4. The average molecular weight is 533 g/mol. The quantitative estimate of drug-likeness (QED) is 0.460. The van der Waals surface area contributed by atoms with Crippen LogP contribution >= 0.6 is 11.6 Å². The minimum atomic E-state index is -4.93. The third kappa shape index (κ3) is 4.78. The molecule has 0 aromatic heterocycles. The molecule has 2 aromatic rings. The van der Waals surface area contributed by atoms with Gasteiger partial charge in [0.2, 0.25) is 5.67 Å². The standard InChI is InChI=1S/C22H17ClF4N2O7/c1-36-16-6-3-11(23)9-13(16)21(24)12-4-2-10(22(25,26)27)8-15(12)29(19(21)34)20(35)28-14(18(32)33)5-7-17(30)31/h2-4,6,8-9,14H,5,7H2,1H3,(H,28,35)(H,30,31)(H,32,33). The molecule has 1 aliphatic heterocycles. The van der Waals surface area contributed by atoms with Crippen molar-refractivity contribution >= 4 is 41.2 Å². The van der Waals surface area contributed by atoms with E-state index in [9.17, 15) is 37.5 Å². The lowest BCUT2D eigenvalue weighted by Gasteiger charge is -2.23. The molecule has 0 spiro atoms. The molecular weight excluding hydrogens is 516 g/mol. The number of hydrogen-bond acceptors (Lipinski definition) is 5. The zero-order valence-corrected chi connectivity index (χ0v) is 19.0. The van der Waals surface area contributed by atoms with E-state index in [4.69, 9.17) is 21.4 Å². The van der Waals surface area contributed by atoms with Gasteiger partial charge in [0, 0.05) is 22.6 Å². The van der Waals surface area contributed by atoms with Crippen molar-refractivity contribution in [3.05, 3.63) is 58.1 Å². The third-order valence-electron chi connectivity index (χ3n) is 5.41. The Labute approximate surface area is 205 Å². The Morgan fingerprint density at radius 2 is 1.81 bits per heavy atom. The van der Waals surface area contributed by atoms with Crippen LogP contribution in [0.3, 0.4) is 0 Å².